The highest BCUT2D eigenvalue weighted by molar-refractivity contribution is 6.30. The highest BCUT2D eigenvalue weighted by atomic mass is 35.5. The fourth-order valence-electron chi connectivity index (χ4n) is 2.55. The summed E-state index contributed by atoms with van der Waals surface area (Å²) in [6.45, 7) is 8.08. The maximum Gasteiger partial charge on any atom is 0.304 e. The number of hydrogen-bond acceptors (Lipinski definition) is 3. The smallest absolute Gasteiger partial charge is 0.304 e. The van der Waals surface area contributed by atoms with Gasteiger partial charge in [0.15, 0.2) is 0 Å². The van der Waals surface area contributed by atoms with Gasteiger partial charge in [-0.25, -0.2) is 0 Å². The number of hydrogen-bond donors (Lipinski definition) is 1. The lowest BCUT2D eigenvalue weighted by molar-refractivity contribution is -0.137. The summed E-state index contributed by atoms with van der Waals surface area (Å²) in [5, 5.41) is 9.63. The zero-order valence-corrected chi connectivity index (χ0v) is 13.5. The van der Waals surface area contributed by atoms with Crippen molar-refractivity contribution >= 4 is 17.6 Å². The Labute approximate surface area is 130 Å². The van der Waals surface area contributed by atoms with E-state index >= 15 is 0 Å². The van der Waals surface area contributed by atoms with Crippen LogP contribution in [0, 0.1) is 0 Å². The quantitative estimate of drug-likeness (QED) is 0.906. The van der Waals surface area contributed by atoms with Gasteiger partial charge in [-0.05, 0) is 38.5 Å². The van der Waals surface area contributed by atoms with Crippen LogP contribution >= 0.6 is 11.6 Å². The van der Waals surface area contributed by atoms with E-state index in [9.17, 15) is 4.79 Å². The Bertz CT molecular complexity index is 537. The van der Waals surface area contributed by atoms with E-state index in [0.717, 1.165) is 23.3 Å². The van der Waals surface area contributed by atoms with E-state index in [4.69, 9.17) is 21.4 Å². The van der Waals surface area contributed by atoms with Crippen molar-refractivity contribution in [3.63, 3.8) is 0 Å². The molecule has 1 aliphatic heterocycles. The summed E-state index contributed by atoms with van der Waals surface area (Å²) < 4.78 is 5.72. The Balaban J connectivity index is 2.22. The van der Waals surface area contributed by atoms with Crippen LogP contribution in [0.15, 0.2) is 12.1 Å². The van der Waals surface area contributed by atoms with Gasteiger partial charge >= 0.3 is 5.97 Å². The van der Waals surface area contributed by atoms with Crippen LogP contribution in [0.4, 0.5) is 0 Å². The van der Waals surface area contributed by atoms with E-state index in [1.165, 1.54) is 0 Å². The predicted octanol–water partition coefficient (Wildman–Crippen LogP) is 3.35. The average Bonchev–Trinajstić information content (AvgIpc) is 2.80. The summed E-state index contributed by atoms with van der Waals surface area (Å²) in [4.78, 5) is 13.0. The molecule has 0 unspecified atom stereocenters. The minimum Gasteiger partial charge on any atom is -0.493 e. The summed E-state index contributed by atoms with van der Waals surface area (Å²) in [5.74, 6) is 0.140. The van der Waals surface area contributed by atoms with Crippen molar-refractivity contribution in [1.29, 1.82) is 0 Å². The molecule has 0 saturated carbocycles. The van der Waals surface area contributed by atoms with Gasteiger partial charge in [0.1, 0.15) is 5.75 Å². The molecule has 2 rings (SSSR count). The first kappa shape index (κ1) is 16.1. The second-order valence-corrected chi connectivity index (χ2v) is 6.82. The zero-order chi connectivity index (χ0) is 15.6. The zero-order valence-electron chi connectivity index (χ0n) is 12.8. The summed E-state index contributed by atoms with van der Waals surface area (Å²) in [7, 11) is 0. The molecule has 0 amide bonds. The number of fused-ring (bicyclic) bond motifs is 1. The third-order valence-corrected chi connectivity index (χ3v) is 3.95. The van der Waals surface area contributed by atoms with Crippen molar-refractivity contribution in [3.8, 4) is 5.75 Å². The monoisotopic (exact) mass is 311 g/mol. The van der Waals surface area contributed by atoms with Gasteiger partial charge in [0.25, 0.3) is 0 Å². The van der Waals surface area contributed by atoms with Gasteiger partial charge in [0.05, 0.1) is 13.0 Å². The number of carbonyl (C=O) groups is 1. The molecule has 4 nitrogen and oxygen atoms in total. The fourth-order valence-corrected chi connectivity index (χ4v) is 2.81. The summed E-state index contributed by atoms with van der Waals surface area (Å²) in [5.41, 5.74) is 2.06. The highest BCUT2D eigenvalue weighted by Gasteiger charge is 2.25. The van der Waals surface area contributed by atoms with Crippen LogP contribution in [-0.4, -0.2) is 34.7 Å². The number of carboxylic acids is 1. The number of carboxylic acid groups (broad SMARTS) is 1. The maximum atomic E-state index is 10.9. The molecule has 0 bridgehead atoms. The van der Waals surface area contributed by atoms with Crippen molar-refractivity contribution in [2.45, 2.75) is 45.7 Å². The van der Waals surface area contributed by atoms with Gasteiger partial charge in [0, 0.05) is 35.6 Å². The van der Waals surface area contributed by atoms with Gasteiger partial charge in [-0.3, -0.25) is 9.69 Å². The number of nitrogens with zero attached hydrogens (tertiary/aromatic N) is 1. The van der Waals surface area contributed by atoms with E-state index < -0.39 is 5.97 Å². The second-order valence-electron chi connectivity index (χ2n) is 6.39. The van der Waals surface area contributed by atoms with Gasteiger partial charge < -0.3 is 9.84 Å². The molecule has 0 aliphatic carbocycles. The molecule has 1 aliphatic rings. The molecule has 0 saturated heterocycles. The Morgan fingerprint density at radius 1 is 1.43 bits per heavy atom. The van der Waals surface area contributed by atoms with Crippen molar-refractivity contribution in [2.75, 3.05) is 13.2 Å². The standard InChI is InChI=1S/C16H22ClNO3/c1-16(2,3)18(6-4-14(19)20)10-12-9-13(17)8-11-5-7-21-15(11)12/h8-9H,4-7,10H2,1-3H3,(H,19,20). The maximum absolute atomic E-state index is 10.9. The lowest BCUT2D eigenvalue weighted by atomic mass is 10.0. The van der Waals surface area contributed by atoms with E-state index in [2.05, 4.69) is 25.7 Å². The van der Waals surface area contributed by atoms with Crippen LogP contribution in [0.25, 0.3) is 0 Å². The van der Waals surface area contributed by atoms with Crippen LogP contribution in [0.2, 0.25) is 5.02 Å². The Hall–Kier alpha value is -1.26. The predicted molar refractivity (Wildman–Crippen MR) is 83.1 cm³/mol. The molecule has 1 N–H and O–H groups in total. The van der Waals surface area contributed by atoms with Crippen molar-refractivity contribution in [1.82, 2.24) is 4.90 Å². The Morgan fingerprint density at radius 3 is 2.76 bits per heavy atom. The fraction of sp³-hybridized carbons (Fsp3) is 0.562. The number of aliphatic carboxylic acids is 1. The van der Waals surface area contributed by atoms with Crippen LogP contribution in [0.1, 0.15) is 38.3 Å². The van der Waals surface area contributed by atoms with E-state index in [1.54, 1.807) is 0 Å². The number of halogens is 1. The SMILES string of the molecule is CC(C)(C)N(CCC(=O)O)Cc1cc(Cl)cc2c1OCC2. The molecule has 0 spiro atoms. The van der Waals surface area contributed by atoms with Gasteiger partial charge in [-0.2, -0.15) is 0 Å². The van der Waals surface area contributed by atoms with Gasteiger partial charge in [-0.15, -0.1) is 0 Å². The number of benzene rings is 1. The van der Waals surface area contributed by atoms with E-state index in [1.807, 2.05) is 12.1 Å². The molecule has 0 fully saturated rings. The lowest BCUT2D eigenvalue weighted by Gasteiger charge is -2.35. The van der Waals surface area contributed by atoms with Crippen LogP contribution < -0.4 is 4.74 Å². The number of rotatable bonds is 5. The third kappa shape index (κ3) is 4.11. The molecule has 0 atom stereocenters. The first-order valence-electron chi connectivity index (χ1n) is 7.18. The summed E-state index contributed by atoms with van der Waals surface area (Å²) in [6.07, 6.45) is 1.01. The van der Waals surface area contributed by atoms with Crippen molar-refractivity contribution in [2.24, 2.45) is 0 Å². The molecular formula is C16H22ClNO3. The molecular weight excluding hydrogens is 290 g/mol. The molecule has 5 heteroatoms. The molecule has 0 aromatic heterocycles. The van der Waals surface area contributed by atoms with E-state index in [0.29, 0.717) is 24.7 Å². The Kier molecular flexibility index (Phi) is 4.79. The van der Waals surface area contributed by atoms with Crippen LogP contribution in [-0.2, 0) is 17.8 Å². The van der Waals surface area contributed by atoms with Crippen LogP contribution in [0.5, 0.6) is 5.75 Å². The van der Waals surface area contributed by atoms with Gasteiger partial charge in [-0.1, -0.05) is 11.6 Å². The number of ether oxygens (including phenoxy) is 1. The summed E-state index contributed by atoms with van der Waals surface area (Å²) >= 11 is 6.19. The average molecular weight is 312 g/mol. The Morgan fingerprint density at radius 2 is 2.14 bits per heavy atom. The van der Waals surface area contributed by atoms with Gasteiger partial charge in [0.2, 0.25) is 0 Å². The van der Waals surface area contributed by atoms with Crippen molar-refractivity contribution in [3.05, 3.63) is 28.3 Å². The topological polar surface area (TPSA) is 49.8 Å². The third-order valence-electron chi connectivity index (χ3n) is 3.73. The lowest BCUT2D eigenvalue weighted by Crippen LogP contribution is -2.42. The second kappa shape index (κ2) is 6.24. The largest absolute Gasteiger partial charge is 0.493 e. The summed E-state index contributed by atoms with van der Waals surface area (Å²) in [6, 6.07) is 3.87. The molecule has 1 aromatic carbocycles. The first-order valence-corrected chi connectivity index (χ1v) is 7.56. The first-order chi connectivity index (χ1) is 9.77. The van der Waals surface area contributed by atoms with Crippen molar-refractivity contribution < 1.29 is 14.6 Å². The normalized spacial score (nSPS) is 14.1. The molecule has 116 valence electrons. The molecule has 1 heterocycles. The van der Waals surface area contributed by atoms with Crippen LogP contribution in [0.3, 0.4) is 0 Å². The van der Waals surface area contributed by atoms with E-state index in [-0.39, 0.29) is 12.0 Å². The molecule has 0 radical (unpaired) electrons. The highest BCUT2D eigenvalue weighted by Crippen LogP contribution is 2.34. The minimum atomic E-state index is -0.781. The molecule has 21 heavy (non-hydrogen) atoms. The molecule has 1 aromatic rings. The minimum absolute atomic E-state index is 0.122.